The normalized spacial score (nSPS) is 23.9. The van der Waals surface area contributed by atoms with Crippen LogP contribution in [-0.2, 0) is 11.3 Å². The summed E-state index contributed by atoms with van der Waals surface area (Å²) in [5.74, 6) is -1.98. The minimum Gasteiger partial charge on any atom is -0.481 e. The first-order valence-corrected chi connectivity index (χ1v) is 5.47. The zero-order valence-corrected chi connectivity index (χ0v) is 9.99. The van der Waals surface area contributed by atoms with Crippen molar-refractivity contribution in [2.45, 2.75) is 32.4 Å². The summed E-state index contributed by atoms with van der Waals surface area (Å²) < 4.78 is 7.06. The van der Waals surface area contributed by atoms with E-state index >= 15 is 0 Å². The zero-order valence-electron chi connectivity index (χ0n) is 9.99. The average Bonchev–Trinajstić information content (AvgIpc) is 2.70. The van der Waals surface area contributed by atoms with Gasteiger partial charge in [0.15, 0.2) is 0 Å². The summed E-state index contributed by atoms with van der Waals surface area (Å²) >= 11 is 0. The highest BCUT2D eigenvalue weighted by Gasteiger charge is 2.43. The number of aliphatic carboxylic acids is 1. The van der Waals surface area contributed by atoms with E-state index in [2.05, 4.69) is 4.98 Å². The summed E-state index contributed by atoms with van der Waals surface area (Å²) in [7, 11) is 0. The van der Waals surface area contributed by atoms with Gasteiger partial charge in [-0.15, -0.1) is 0 Å². The van der Waals surface area contributed by atoms with Crippen molar-refractivity contribution in [2.24, 2.45) is 5.92 Å². The van der Waals surface area contributed by atoms with E-state index in [1.165, 1.54) is 10.8 Å². The Balaban J connectivity index is 2.29. The molecule has 0 amide bonds. The highest BCUT2D eigenvalue weighted by Crippen LogP contribution is 2.34. The topological polar surface area (TPSA) is 107 Å². The van der Waals surface area contributed by atoms with Gasteiger partial charge in [0.1, 0.15) is 11.8 Å². The number of carboxylic acids is 1. The van der Waals surface area contributed by atoms with Crippen molar-refractivity contribution >= 4 is 11.8 Å². The zero-order chi connectivity index (χ0) is 13.5. The van der Waals surface area contributed by atoms with E-state index < -0.39 is 22.4 Å². The van der Waals surface area contributed by atoms with Crippen LogP contribution in [0.15, 0.2) is 6.20 Å². The molecule has 1 aromatic rings. The molecule has 0 aliphatic carbocycles. The van der Waals surface area contributed by atoms with Crippen molar-refractivity contribution in [1.82, 2.24) is 9.55 Å². The smallest absolute Gasteiger partial charge is 0.414 e. The molecule has 1 N–H and O–H groups in total. The van der Waals surface area contributed by atoms with Crippen LogP contribution < -0.4 is 4.74 Å². The third-order valence-electron chi connectivity index (χ3n) is 3.37. The average molecular weight is 255 g/mol. The van der Waals surface area contributed by atoms with Crippen LogP contribution in [0, 0.1) is 16.0 Å². The molecule has 0 fully saturated rings. The van der Waals surface area contributed by atoms with Crippen LogP contribution >= 0.6 is 0 Å². The molecule has 0 bridgehead atoms. The lowest BCUT2D eigenvalue weighted by atomic mass is 9.87. The van der Waals surface area contributed by atoms with Crippen LogP contribution in [0.1, 0.15) is 20.3 Å². The predicted molar refractivity (Wildman–Crippen MR) is 59.3 cm³/mol. The van der Waals surface area contributed by atoms with Gasteiger partial charge in [0.25, 0.3) is 0 Å². The molecule has 1 unspecified atom stereocenters. The van der Waals surface area contributed by atoms with Crippen molar-refractivity contribution in [2.75, 3.05) is 0 Å². The molecule has 0 spiro atoms. The second kappa shape index (κ2) is 3.97. The maximum Gasteiger partial charge on any atom is 0.414 e. The van der Waals surface area contributed by atoms with Crippen molar-refractivity contribution < 1.29 is 19.6 Å². The molecule has 1 aliphatic heterocycles. The third kappa shape index (κ3) is 1.89. The first-order valence-electron chi connectivity index (χ1n) is 5.47. The quantitative estimate of drug-likeness (QED) is 0.639. The Morgan fingerprint density at radius 3 is 3.00 bits per heavy atom. The van der Waals surface area contributed by atoms with Gasteiger partial charge in [-0.3, -0.25) is 9.36 Å². The summed E-state index contributed by atoms with van der Waals surface area (Å²) in [6, 6.07) is 0.101. The standard InChI is InChI=1S/C10H13N3O5/c1-6(8(14)15)10(2)3-4-12-5-7(13(16)17)11-9(12)18-10/h5-6H,3-4H2,1-2H3,(H,14,15)/t6?,10-/m1/s1. The van der Waals surface area contributed by atoms with Crippen LogP contribution in [0.5, 0.6) is 6.01 Å². The number of ether oxygens (including phenoxy) is 1. The molecule has 2 heterocycles. The molecule has 0 saturated carbocycles. The van der Waals surface area contributed by atoms with Gasteiger partial charge in [0.2, 0.25) is 0 Å². The van der Waals surface area contributed by atoms with E-state index in [1.807, 2.05) is 0 Å². The van der Waals surface area contributed by atoms with Gasteiger partial charge in [-0.05, 0) is 18.8 Å². The lowest BCUT2D eigenvalue weighted by molar-refractivity contribution is -0.389. The largest absolute Gasteiger partial charge is 0.481 e. The molecule has 8 heteroatoms. The number of aryl methyl sites for hydroxylation is 1. The Hall–Kier alpha value is -2.12. The lowest BCUT2D eigenvalue weighted by Crippen LogP contribution is -2.47. The van der Waals surface area contributed by atoms with Crippen molar-refractivity contribution in [3.8, 4) is 6.01 Å². The highest BCUT2D eigenvalue weighted by molar-refractivity contribution is 5.71. The fourth-order valence-electron chi connectivity index (χ4n) is 1.88. The third-order valence-corrected chi connectivity index (χ3v) is 3.37. The van der Waals surface area contributed by atoms with Gasteiger partial charge in [-0.2, -0.15) is 0 Å². The first kappa shape index (κ1) is 12.3. The van der Waals surface area contributed by atoms with E-state index in [4.69, 9.17) is 9.84 Å². The minimum absolute atomic E-state index is 0.101. The molecule has 0 radical (unpaired) electrons. The summed E-state index contributed by atoms with van der Waals surface area (Å²) in [4.78, 5) is 24.7. The molecule has 0 saturated heterocycles. The minimum atomic E-state index is -0.966. The van der Waals surface area contributed by atoms with Crippen molar-refractivity contribution in [3.05, 3.63) is 16.3 Å². The molecule has 0 aromatic carbocycles. The molecule has 2 atom stereocenters. The molecule has 18 heavy (non-hydrogen) atoms. The number of hydrogen-bond acceptors (Lipinski definition) is 5. The SMILES string of the molecule is CC(C(=O)O)[C@@]1(C)CCn2cc([N+](=O)[O-])nc2O1. The van der Waals surface area contributed by atoms with Crippen LogP contribution in [0.3, 0.4) is 0 Å². The van der Waals surface area contributed by atoms with Crippen LogP contribution in [-0.4, -0.2) is 31.2 Å². The summed E-state index contributed by atoms with van der Waals surface area (Å²) in [6.45, 7) is 3.68. The molecule has 98 valence electrons. The van der Waals surface area contributed by atoms with E-state index in [0.717, 1.165) is 0 Å². The Morgan fingerprint density at radius 2 is 2.44 bits per heavy atom. The van der Waals surface area contributed by atoms with Gasteiger partial charge < -0.3 is 20.0 Å². The number of nitrogens with zero attached hydrogens (tertiary/aromatic N) is 3. The van der Waals surface area contributed by atoms with Gasteiger partial charge in [-0.1, -0.05) is 0 Å². The fourth-order valence-corrected chi connectivity index (χ4v) is 1.88. The number of imidazole rings is 1. The van der Waals surface area contributed by atoms with Gasteiger partial charge in [0.05, 0.1) is 5.92 Å². The van der Waals surface area contributed by atoms with Gasteiger partial charge in [0, 0.05) is 17.9 Å². The van der Waals surface area contributed by atoms with Crippen LogP contribution in [0.25, 0.3) is 0 Å². The van der Waals surface area contributed by atoms with Gasteiger partial charge >= 0.3 is 17.8 Å². The van der Waals surface area contributed by atoms with E-state index in [-0.39, 0.29) is 11.8 Å². The van der Waals surface area contributed by atoms with E-state index in [9.17, 15) is 14.9 Å². The highest BCUT2D eigenvalue weighted by atomic mass is 16.6. The first-order chi connectivity index (χ1) is 8.33. The Labute approximate surface area is 102 Å². The molecule has 2 rings (SSSR count). The van der Waals surface area contributed by atoms with E-state index in [0.29, 0.717) is 13.0 Å². The number of hydrogen-bond donors (Lipinski definition) is 1. The molecule has 1 aromatic heterocycles. The van der Waals surface area contributed by atoms with E-state index in [1.54, 1.807) is 13.8 Å². The van der Waals surface area contributed by atoms with Crippen molar-refractivity contribution in [3.63, 3.8) is 0 Å². The second-order valence-corrected chi connectivity index (χ2v) is 4.56. The molecule has 8 nitrogen and oxygen atoms in total. The Bertz CT molecular complexity index is 512. The number of aromatic nitrogens is 2. The molecule has 1 aliphatic rings. The molecular formula is C10H13N3O5. The summed E-state index contributed by atoms with van der Waals surface area (Å²) in [5.41, 5.74) is -0.902. The maximum atomic E-state index is 11.0. The number of fused-ring (bicyclic) bond motifs is 1. The van der Waals surface area contributed by atoms with Gasteiger partial charge in [-0.25, -0.2) is 0 Å². The van der Waals surface area contributed by atoms with Crippen LogP contribution in [0.4, 0.5) is 5.82 Å². The number of rotatable bonds is 3. The summed E-state index contributed by atoms with van der Waals surface area (Å²) in [6.07, 6.45) is 1.75. The van der Waals surface area contributed by atoms with Crippen LogP contribution in [0.2, 0.25) is 0 Å². The fraction of sp³-hybridized carbons (Fsp3) is 0.600. The monoisotopic (exact) mass is 255 g/mol. The maximum absolute atomic E-state index is 11.0. The van der Waals surface area contributed by atoms with Crippen molar-refractivity contribution in [1.29, 1.82) is 0 Å². The predicted octanol–water partition coefficient (Wildman–Crippen LogP) is 1.05. The lowest BCUT2D eigenvalue weighted by Gasteiger charge is -2.35. The summed E-state index contributed by atoms with van der Waals surface area (Å²) in [5, 5.41) is 19.6. The molecular weight excluding hydrogens is 242 g/mol. The Morgan fingerprint density at radius 1 is 1.78 bits per heavy atom. The Kier molecular flexibility index (Phi) is 2.72. The number of carboxylic acid groups (broad SMARTS) is 1. The second-order valence-electron chi connectivity index (χ2n) is 4.56. The number of carbonyl (C=O) groups is 1. The number of nitro groups is 1.